The summed E-state index contributed by atoms with van der Waals surface area (Å²) in [5.74, 6) is 1.01. The number of benzene rings is 1. The van der Waals surface area contributed by atoms with E-state index in [1.165, 1.54) is 0 Å². The molecule has 21 heavy (non-hydrogen) atoms. The summed E-state index contributed by atoms with van der Waals surface area (Å²) in [6, 6.07) is 3.35. The van der Waals surface area contributed by atoms with E-state index in [9.17, 15) is 8.42 Å². The van der Waals surface area contributed by atoms with Gasteiger partial charge in [0, 0.05) is 21.5 Å². The SMILES string of the molecule is CCSC1CCCC1NS(=O)(=O)c1cc(Br)cc(N)c1C. The highest BCUT2D eigenvalue weighted by Crippen LogP contribution is 2.32. The van der Waals surface area contributed by atoms with Gasteiger partial charge in [-0.3, -0.25) is 0 Å². The molecule has 3 N–H and O–H groups in total. The monoisotopic (exact) mass is 392 g/mol. The van der Waals surface area contributed by atoms with Crippen molar-refractivity contribution in [1.29, 1.82) is 0 Å². The molecular formula is C14H21BrN2O2S2. The lowest BCUT2D eigenvalue weighted by Gasteiger charge is -2.21. The fourth-order valence-electron chi connectivity index (χ4n) is 2.69. The van der Waals surface area contributed by atoms with Crippen LogP contribution in [0.4, 0.5) is 5.69 Å². The Labute approximate surface area is 139 Å². The Morgan fingerprint density at radius 2 is 2.14 bits per heavy atom. The molecule has 118 valence electrons. The second-order valence-electron chi connectivity index (χ2n) is 5.27. The molecule has 0 heterocycles. The van der Waals surface area contributed by atoms with Gasteiger partial charge in [-0.1, -0.05) is 29.3 Å². The fourth-order valence-corrected chi connectivity index (χ4v) is 6.21. The predicted octanol–water partition coefficient (Wildman–Crippen LogP) is 3.29. The van der Waals surface area contributed by atoms with Crippen molar-refractivity contribution in [2.24, 2.45) is 0 Å². The third-order valence-electron chi connectivity index (χ3n) is 3.79. The standard InChI is InChI=1S/C14H21BrN2O2S2/c1-3-20-13-6-4-5-12(13)17-21(18,19)14-8-10(15)7-11(16)9(14)2/h7-8,12-13,17H,3-6,16H2,1-2H3. The number of anilines is 1. The summed E-state index contributed by atoms with van der Waals surface area (Å²) in [4.78, 5) is 0.265. The predicted molar refractivity (Wildman–Crippen MR) is 93.2 cm³/mol. The van der Waals surface area contributed by atoms with Gasteiger partial charge in [-0.05, 0) is 43.2 Å². The van der Waals surface area contributed by atoms with Crippen LogP contribution in [-0.2, 0) is 10.0 Å². The molecule has 0 bridgehead atoms. The molecule has 1 saturated carbocycles. The van der Waals surface area contributed by atoms with Gasteiger partial charge in [-0.15, -0.1) is 0 Å². The van der Waals surface area contributed by atoms with Crippen molar-refractivity contribution < 1.29 is 8.42 Å². The number of halogens is 1. The normalized spacial score (nSPS) is 22.6. The van der Waals surface area contributed by atoms with Crippen LogP contribution in [0.1, 0.15) is 31.7 Å². The van der Waals surface area contributed by atoms with E-state index in [4.69, 9.17) is 5.73 Å². The van der Waals surface area contributed by atoms with Crippen LogP contribution in [-0.4, -0.2) is 25.5 Å². The zero-order valence-corrected chi connectivity index (χ0v) is 15.4. The Kier molecular flexibility index (Phi) is 5.62. The van der Waals surface area contributed by atoms with E-state index in [1.807, 2.05) is 11.8 Å². The Balaban J connectivity index is 2.27. The topological polar surface area (TPSA) is 72.2 Å². The Morgan fingerprint density at radius 3 is 2.81 bits per heavy atom. The highest BCUT2D eigenvalue weighted by Gasteiger charge is 2.32. The van der Waals surface area contributed by atoms with Gasteiger partial charge in [0.1, 0.15) is 0 Å². The van der Waals surface area contributed by atoms with Crippen molar-refractivity contribution in [3.05, 3.63) is 22.2 Å². The molecule has 2 atom stereocenters. The van der Waals surface area contributed by atoms with Gasteiger partial charge in [0.15, 0.2) is 0 Å². The molecule has 0 saturated heterocycles. The lowest BCUT2D eigenvalue weighted by atomic mass is 10.2. The van der Waals surface area contributed by atoms with E-state index in [1.54, 1.807) is 19.1 Å². The van der Waals surface area contributed by atoms with Gasteiger partial charge < -0.3 is 5.73 Å². The van der Waals surface area contributed by atoms with Gasteiger partial charge in [-0.25, -0.2) is 13.1 Å². The summed E-state index contributed by atoms with van der Waals surface area (Å²) in [6.45, 7) is 3.84. The second-order valence-corrected chi connectivity index (χ2v) is 9.38. The third kappa shape index (κ3) is 3.94. The average Bonchev–Trinajstić information content (AvgIpc) is 2.81. The Morgan fingerprint density at radius 1 is 1.43 bits per heavy atom. The van der Waals surface area contributed by atoms with E-state index >= 15 is 0 Å². The number of thioether (sulfide) groups is 1. The van der Waals surface area contributed by atoms with Gasteiger partial charge in [0.05, 0.1) is 4.90 Å². The van der Waals surface area contributed by atoms with E-state index in [0.717, 1.165) is 25.0 Å². The molecule has 0 spiro atoms. The first-order chi connectivity index (χ1) is 9.85. The maximum Gasteiger partial charge on any atom is 0.241 e. The summed E-state index contributed by atoms with van der Waals surface area (Å²) in [5, 5.41) is 0.370. The molecule has 1 aromatic rings. The maximum absolute atomic E-state index is 12.7. The van der Waals surface area contributed by atoms with Crippen molar-refractivity contribution in [1.82, 2.24) is 4.72 Å². The van der Waals surface area contributed by atoms with Gasteiger partial charge in [0.2, 0.25) is 10.0 Å². The largest absolute Gasteiger partial charge is 0.398 e. The zero-order valence-electron chi connectivity index (χ0n) is 12.2. The first kappa shape index (κ1) is 17.1. The summed E-state index contributed by atoms with van der Waals surface area (Å²) >= 11 is 5.15. The minimum atomic E-state index is -3.54. The van der Waals surface area contributed by atoms with Crippen LogP contribution in [0.15, 0.2) is 21.5 Å². The lowest BCUT2D eigenvalue weighted by Crippen LogP contribution is -2.39. The third-order valence-corrected chi connectivity index (χ3v) is 7.19. The first-order valence-corrected chi connectivity index (χ1v) is 10.4. The molecule has 4 nitrogen and oxygen atoms in total. The molecule has 7 heteroatoms. The number of nitrogen functional groups attached to an aromatic ring is 1. The fraction of sp³-hybridized carbons (Fsp3) is 0.571. The molecule has 1 aromatic carbocycles. The van der Waals surface area contributed by atoms with Crippen LogP contribution in [0, 0.1) is 6.92 Å². The highest BCUT2D eigenvalue weighted by molar-refractivity contribution is 9.10. The van der Waals surface area contributed by atoms with Gasteiger partial charge >= 0.3 is 0 Å². The van der Waals surface area contributed by atoms with Crippen LogP contribution in [0.5, 0.6) is 0 Å². The zero-order chi connectivity index (χ0) is 15.6. The van der Waals surface area contributed by atoms with Crippen LogP contribution in [0.3, 0.4) is 0 Å². The average molecular weight is 393 g/mol. The molecule has 0 aliphatic heterocycles. The van der Waals surface area contributed by atoms with Crippen LogP contribution in [0.25, 0.3) is 0 Å². The van der Waals surface area contributed by atoms with Gasteiger partial charge in [-0.2, -0.15) is 11.8 Å². The number of hydrogen-bond acceptors (Lipinski definition) is 4. The summed E-state index contributed by atoms with van der Waals surface area (Å²) in [7, 11) is -3.54. The van der Waals surface area contributed by atoms with Crippen LogP contribution >= 0.6 is 27.7 Å². The maximum atomic E-state index is 12.7. The van der Waals surface area contributed by atoms with Crippen molar-refractivity contribution in [3.63, 3.8) is 0 Å². The Bertz CT molecular complexity index is 620. The molecule has 1 aliphatic rings. The Hall–Kier alpha value is -0.240. The number of rotatable bonds is 5. The molecule has 0 radical (unpaired) electrons. The molecule has 0 aromatic heterocycles. The van der Waals surface area contributed by atoms with E-state index in [-0.39, 0.29) is 10.9 Å². The van der Waals surface area contributed by atoms with Crippen molar-refractivity contribution in [2.45, 2.75) is 49.3 Å². The highest BCUT2D eigenvalue weighted by atomic mass is 79.9. The number of sulfonamides is 1. The molecular weight excluding hydrogens is 372 g/mol. The molecule has 1 aliphatic carbocycles. The minimum absolute atomic E-state index is 0.0135. The summed E-state index contributed by atoms with van der Waals surface area (Å²) < 4.78 is 28.9. The first-order valence-electron chi connectivity index (χ1n) is 7.04. The molecule has 2 unspecified atom stereocenters. The van der Waals surface area contributed by atoms with E-state index in [0.29, 0.717) is 21.0 Å². The van der Waals surface area contributed by atoms with Gasteiger partial charge in [0.25, 0.3) is 0 Å². The van der Waals surface area contributed by atoms with E-state index < -0.39 is 10.0 Å². The summed E-state index contributed by atoms with van der Waals surface area (Å²) in [6.07, 6.45) is 3.05. The quantitative estimate of drug-likeness (QED) is 0.753. The van der Waals surface area contributed by atoms with Crippen LogP contribution in [0.2, 0.25) is 0 Å². The second kappa shape index (κ2) is 6.89. The molecule has 1 fully saturated rings. The number of nitrogens with two attached hydrogens (primary N) is 1. The van der Waals surface area contributed by atoms with E-state index in [2.05, 4.69) is 27.6 Å². The lowest BCUT2D eigenvalue weighted by molar-refractivity contribution is 0.554. The summed E-state index contributed by atoms with van der Waals surface area (Å²) in [5.41, 5.74) is 6.96. The van der Waals surface area contributed by atoms with Crippen LogP contribution < -0.4 is 10.5 Å². The van der Waals surface area contributed by atoms with Crippen molar-refractivity contribution >= 4 is 43.4 Å². The smallest absolute Gasteiger partial charge is 0.241 e. The van der Waals surface area contributed by atoms with Crippen molar-refractivity contribution in [2.75, 3.05) is 11.5 Å². The number of nitrogens with one attached hydrogen (secondary N) is 1. The van der Waals surface area contributed by atoms with Crippen molar-refractivity contribution in [3.8, 4) is 0 Å². The minimum Gasteiger partial charge on any atom is -0.398 e. The molecule has 0 amide bonds. The number of hydrogen-bond donors (Lipinski definition) is 2. The molecule has 2 rings (SSSR count).